The fraction of sp³-hybridized carbons (Fsp3) is 0.389. The van der Waals surface area contributed by atoms with Gasteiger partial charge >= 0.3 is 0 Å². The summed E-state index contributed by atoms with van der Waals surface area (Å²) in [6, 6.07) is 7.38. The minimum atomic E-state index is -1.40. The van der Waals surface area contributed by atoms with Crippen LogP contribution in [0.4, 0.5) is 4.39 Å². The zero-order valence-corrected chi connectivity index (χ0v) is 13.4. The summed E-state index contributed by atoms with van der Waals surface area (Å²) in [5.41, 5.74) is 1.22. The molecule has 0 unspecified atom stereocenters. The normalized spacial score (nSPS) is 18.7. The molecule has 6 heteroatoms. The monoisotopic (exact) mass is 330 g/mol. The van der Waals surface area contributed by atoms with Crippen LogP contribution in [-0.4, -0.2) is 30.9 Å². The number of rotatable bonds is 6. The molecule has 2 atom stereocenters. The topological polar surface area (TPSA) is 79.2 Å². The number of nitrogens with zero attached hydrogens (tertiary/aromatic N) is 1. The highest BCUT2D eigenvalue weighted by Gasteiger charge is 2.26. The number of hydrogen-bond donors (Lipinski definition) is 1. The molecular weight excluding hydrogens is 311 g/mol. The molecule has 0 radical (unpaired) electrons. The van der Waals surface area contributed by atoms with Gasteiger partial charge in [-0.2, -0.15) is 5.26 Å². The highest BCUT2D eigenvalue weighted by atomic mass is 19.1. The van der Waals surface area contributed by atoms with Crippen molar-refractivity contribution in [2.24, 2.45) is 5.92 Å². The molecule has 0 aliphatic carbocycles. The number of carbonyl (C=O) groups is 2. The lowest BCUT2D eigenvalue weighted by Gasteiger charge is -2.12. The summed E-state index contributed by atoms with van der Waals surface area (Å²) in [7, 11) is 0. The molecule has 0 spiro atoms. The van der Waals surface area contributed by atoms with E-state index in [-0.39, 0.29) is 11.9 Å². The summed E-state index contributed by atoms with van der Waals surface area (Å²) in [5, 5.41) is 11.7. The Labute approximate surface area is 140 Å². The van der Waals surface area contributed by atoms with Crippen molar-refractivity contribution in [2.45, 2.75) is 25.9 Å². The van der Waals surface area contributed by atoms with E-state index in [1.165, 1.54) is 30.3 Å². The minimum Gasteiger partial charge on any atom is -0.376 e. The van der Waals surface area contributed by atoms with Crippen LogP contribution in [0.3, 0.4) is 0 Å². The van der Waals surface area contributed by atoms with E-state index in [4.69, 9.17) is 10.00 Å². The lowest BCUT2D eigenvalue weighted by atomic mass is 9.99. The molecule has 24 heavy (non-hydrogen) atoms. The second-order valence-corrected chi connectivity index (χ2v) is 5.68. The van der Waals surface area contributed by atoms with Crippen LogP contribution in [0.1, 0.15) is 25.3 Å². The molecule has 1 aliphatic heterocycles. The van der Waals surface area contributed by atoms with Crippen LogP contribution >= 0.6 is 0 Å². The molecule has 1 fully saturated rings. The molecule has 0 bridgehead atoms. The molecule has 1 amide bonds. The van der Waals surface area contributed by atoms with Gasteiger partial charge in [0.2, 0.25) is 5.91 Å². The number of ketones is 1. The second kappa shape index (κ2) is 8.37. The molecule has 0 aromatic heterocycles. The third kappa shape index (κ3) is 4.74. The van der Waals surface area contributed by atoms with Gasteiger partial charge in [0.25, 0.3) is 0 Å². The van der Waals surface area contributed by atoms with Crippen LogP contribution in [0.5, 0.6) is 0 Å². The molecule has 1 aromatic carbocycles. The average molecular weight is 330 g/mol. The summed E-state index contributed by atoms with van der Waals surface area (Å²) >= 11 is 0. The Kier molecular flexibility index (Phi) is 6.21. The largest absolute Gasteiger partial charge is 0.376 e. The molecule has 0 saturated carbocycles. The summed E-state index contributed by atoms with van der Waals surface area (Å²) in [5.74, 6) is -2.99. The molecule has 1 N–H and O–H groups in total. The van der Waals surface area contributed by atoms with Gasteiger partial charge in [0, 0.05) is 13.2 Å². The molecular formula is C18H19FN2O3. The van der Waals surface area contributed by atoms with Crippen LogP contribution in [-0.2, 0) is 14.3 Å². The van der Waals surface area contributed by atoms with Crippen molar-refractivity contribution in [2.75, 3.05) is 13.2 Å². The van der Waals surface area contributed by atoms with E-state index in [2.05, 4.69) is 5.32 Å². The number of halogens is 1. The van der Waals surface area contributed by atoms with Gasteiger partial charge in [0.1, 0.15) is 5.82 Å². The Morgan fingerprint density at radius 3 is 2.75 bits per heavy atom. The summed E-state index contributed by atoms with van der Waals surface area (Å²) in [6.07, 6.45) is 2.99. The standard InChI is InChI=1S/C18H19FN2O3/c1-12(13-4-6-14(19)7-5-13)9-17(22)16(10-20)18(23)21-11-15-3-2-8-24-15/h4-7,9,15-16H,2-3,8,11H2,1H3,(H,21,23)/b12-9+/t15-,16+/m1/s1. The van der Waals surface area contributed by atoms with E-state index in [0.717, 1.165) is 12.8 Å². The van der Waals surface area contributed by atoms with Gasteiger partial charge in [-0.3, -0.25) is 9.59 Å². The van der Waals surface area contributed by atoms with Crippen LogP contribution in [0.15, 0.2) is 30.3 Å². The number of allylic oxidation sites excluding steroid dienone is 2. The van der Waals surface area contributed by atoms with Gasteiger partial charge in [-0.1, -0.05) is 12.1 Å². The number of ether oxygens (including phenoxy) is 1. The van der Waals surface area contributed by atoms with Crippen LogP contribution < -0.4 is 5.32 Å². The molecule has 1 aromatic rings. The average Bonchev–Trinajstić information content (AvgIpc) is 3.07. The van der Waals surface area contributed by atoms with Crippen LogP contribution in [0, 0.1) is 23.1 Å². The number of benzene rings is 1. The van der Waals surface area contributed by atoms with Crippen molar-refractivity contribution in [3.8, 4) is 6.07 Å². The first-order valence-electron chi connectivity index (χ1n) is 7.78. The Hall–Kier alpha value is -2.52. The van der Waals surface area contributed by atoms with E-state index in [0.29, 0.717) is 24.3 Å². The first-order valence-corrected chi connectivity index (χ1v) is 7.78. The summed E-state index contributed by atoms with van der Waals surface area (Å²) in [6.45, 7) is 2.63. The first-order chi connectivity index (χ1) is 11.5. The lowest BCUT2D eigenvalue weighted by Crippen LogP contribution is -2.38. The number of nitriles is 1. The highest BCUT2D eigenvalue weighted by molar-refractivity contribution is 6.11. The maximum atomic E-state index is 12.9. The first kappa shape index (κ1) is 17.8. The highest BCUT2D eigenvalue weighted by Crippen LogP contribution is 2.16. The SMILES string of the molecule is C/C(=C\C(=O)[C@H](C#N)C(=O)NC[C@H]1CCCO1)c1ccc(F)cc1. The predicted molar refractivity (Wildman–Crippen MR) is 86.1 cm³/mol. The number of carbonyl (C=O) groups excluding carboxylic acids is 2. The smallest absolute Gasteiger partial charge is 0.245 e. The molecule has 1 saturated heterocycles. The van der Waals surface area contributed by atoms with Crippen molar-refractivity contribution < 1.29 is 18.7 Å². The quantitative estimate of drug-likeness (QED) is 0.641. The number of nitrogens with one attached hydrogen (secondary N) is 1. The number of hydrogen-bond acceptors (Lipinski definition) is 4. The summed E-state index contributed by atoms with van der Waals surface area (Å²) in [4.78, 5) is 24.2. The summed E-state index contributed by atoms with van der Waals surface area (Å²) < 4.78 is 18.3. The van der Waals surface area contributed by atoms with Crippen molar-refractivity contribution in [3.05, 3.63) is 41.7 Å². The third-order valence-corrected chi connectivity index (χ3v) is 3.86. The van der Waals surface area contributed by atoms with Crippen molar-refractivity contribution in [1.82, 2.24) is 5.32 Å². The zero-order valence-electron chi connectivity index (χ0n) is 13.4. The van der Waals surface area contributed by atoms with E-state index >= 15 is 0 Å². The van der Waals surface area contributed by atoms with E-state index in [9.17, 15) is 14.0 Å². The van der Waals surface area contributed by atoms with Crippen molar-refractivity contribution in [3.63, 3.8) is 0 Å². The third-order valence-electron chi connectivity index (χ3n) is 3.86. The molecule has 1 heterocycles. The zero-order chi connectivity index (χ0) is 17.5. The molecule has 126 valence electrons. The molecule has 5 nitrogen and oxygen atoms in total. The lowest BCUT2D eigenvalue weighted by molar-refractivity contribution is -0.129. The Morgan fingerprint density at radius 1 is 1.46 bits per heavy atom. The minimum absolute atomic E-state index is 0.0557. The number of amides is 1. The van der Waals surface area contributed by atoms with E-state index < -0.39 is 17.6 Å². The fourth-order valence-electron chi connectivity index (χ4n) is 2.47. The van der Waals surface area contributed by atoms with Crippen LogP contribution in [0.2, 0.25) is 0 Å². The van der Waals surface area contributed by atoms with Crippen molar-refractivity contribution >= 4 is 17.3 Å². The van der Waals surface area contributed by atoms with Gasteiger partial charge in [-0.25, -0.2) is 4.39 Å². The Balaban J connectivity index is 1.99. The van der Waals surface area contributed by atoms with Crippen LogP contribution in [0.25, 0.3) is 5.57 Å². The molecule has 2 rings (SSSR count). The van der Waals surface area contributed by atoms with E-state index in [1.807, 2.05) is 0 Å². The van der Waals surface area contributed by atoms with Gasteiger partial charge in [-0.15, -0.1) is 0 Å². The van der Waals surface area contributed by atoms with Gasteiger partial charge in [-0.05, 0) is 49.1 Å². The van der Waals surface area contributed by atoms with Gasteiger partial charge < -0.3 is 10.1 Å². The maximum Gasteiger partial charge on any atom is 0.245 e. The van der Waals surface area contributed by atoms with Gasteiger partial charge in [0.05, 0.1) is 12.2 Å². The fourth-order valence-corrected chi connectivity index (χ4v) is 2.47. The molecule has 1 aliphatic rings. The van der Waals surface area contributed by atoms with Gasteiger partial charge in [0.15, 0.2) is 11.7 Å². The van der Waals surface area contributed by atoms with E-state index in [1.54, 1.807) is 13.0 Å². The predicted octanol–water partition coefficient (Wildman–Crippen LogP) is 2.23. The Morgan fingerprint density at radius 2 is 2.17 bits per heavy atom. The van der Waals surface area contributed by atoms with Crippen molar-refractivity contribution in [1.29, 1.82) is 5.26 Å². The Bertz CT molecular complexity index is 670. The second-order valence-electron chi connectivity index (χ2n) is 5.68. The maximum absolute atomic E-state index is 12.9.